The lowest BCUT2D eigenvalue weighted by Crippen LogP contribution is -2.32. The summed E-state index contributed by atoms with van der Waals surface area (Å²) in [6.45, 7) is 0.609. The second-order valence-electron chi connectivity index (χ2n) is 13.3. The number of carbonyl (C=O) groups excluding carboxylic acids is 2. The van der Waals surface area contributed by atoms with Gasteiger partial charge in [-0.25, -0.2) is 0 Å². The molecule has 0 saturated carbocycles. The second-order valence-corrected chi connectivity index (χ2v) is 13.3. The van der Waals surface area contributed by atoms with Crippen LogP contribution in [-0.2, 0) is 0 Å². The predicted molar refractivity (Wildman–Crippen MR) is 208 cm³/mol. The monoisotopic (exact) mass is 720 g/mol. The summed E-state index contributed by atoms with van der Waals surface area (Å²) >= 11 is 0. The van der Waals surface area contributed by atoms with E-state index in [1.807, 2.05) is 67.1 Å². The minimum absolute atomic E-state index is 0.158. The van der Waals surface area contributed by atoms with Gasteiger partial charge in [-0.05, 0) is 46.5 Å². The molecule has 2 atom stereocenters. The van der Waals surface area contributed by atoms with Gasteiger partial charge in [0.25, 0.3) is 11.8 Å². The van der Waals surface area contributed by atoms with Crippen molar-refractivity contribution in [3.8, 4) is 28.7 Å². The number of ether oxygens (including phenoxy) is 5. The molecule has 12 heteroatoms. The molecule has 11 nitrogen and oxygen atoms in total. The van der Waals surface area contributed by atoms with Crippen molar-refractivity contribution in [1.29, 1.82) is 0 Å². The molecule has 4 aromatic carbocycles. The number of nitrogens with zero attached hydrogens (tertiary/aromatic N) is 4. The molecule has 54 heavy (non-hydrogen) atoms. The van der Waals surface area contributed by atoms with Crippen molar-refractivity contribution in [3.63, 3.8) is 0 Å². The normalized spacial score (nSPS) is 18.1. The summed E-state index contributed by atoms with van der Waals surface area (Å²) < 4.78 is 28.8. The Kier molecular flexibility index (Phi) is 9.41. The van der Waals surface area contributed by atoms with Gasteiger partial charge in [0.2, 0.25) is 0 Å². The fraction of sp³-hybridized carbons (Fsp3) is 0.238. The van der Waals surface area contributed by atoms with Crippen LogP contribution in [-0.4, -0.2) is 88.5 Å². The van der Waals surface area contributed by atoms with Crippen LogP contribution in [0, 0.1) is 0 Å². The molecule has 0 bridgehead atoms. The van der Waals surface area contributed by atoms with Crippen LogP contribution in [0.2, 0.25) is 0 Å². The fourth-order valence-electron chi connectivity index (χ4n) is 7.07. The largest absolute Gasteiger partial charge is 0.497 e. The van der Waals surface area contributed by atoms with Gasteiger partial charge < -0.3 is 33.5 Å². The smallest absolute Gasteiger partial charge is 0.260 e. The Morgan fingerprint density at radius 2 is 1.09 bits per heavy atom. The lowest BCUT2D eigenvalue weighted by molar-refractivity contribution is 0.0809. The summed E-state index contributed by atoms with van der Waals surface area (Å²) in [5.41, 5.74) is 6.73. The maximum Gasteiger partial charge on any atom is 0.260 e. The predicted octanol–water partition coefficient (Wildman–Crippen LogP) is 6.30. The van der Waals surface area contributed by atoms with Gasteiger partial charge in [-0.3, -0.25) is 19.6 Å². The molecule has 4 heterocycles. The number of fused-ring (bicyclic) bond motifs is 4. The van der Waals surface area contributed by atoms with Crippen LogP contribution in [0.1, 0.15) is 51.1 Å². The van der Waals surface area contributed by atoms with E-state index in [0.717, 1.165) is 28.0 Å². The number of amides is 2. The third-order valence-electron chi connectivity index (χ3n) is 9.97. The van der Waals surface area contributed by atoms with E-state index in [9.17, 15) is 9.59 Å². The molecule has 0 aliphatic carbocycles. The Labute approximate surface area is 314 Å². The number of carbonyl (C=O) groups is 2. The van der Waals surface area contributed by atoms with Gasteiger partial charge in [-0.1, -0.05) is 41.9 Å². The zero-order valence-electron chi connectivity index (χ0n) is 30.2. The van der Waals surface area contributed by atoms with Crippen molar-refractivity contribution < 1.29 is 33.3 Å². The average Bonchev–Trinajstić information content (AvgIpc) is 3.78. The summed E-state index contributed by atoms with van der Waals surface area (Å²) in [4.78, 5) is 40.3. The molecular weight excluding hydrogens is 683 g/mol. The van der Waals surface area contributed by atoms with Gasteiger partial charge in [0.05, 0.1) is 69.1 Å². The summed E-state index contributed by atoms with van der Waals surface area (Å²) in [6, 6.07) is 21.9. The molecule has 0 N–H and O–H groups in total. The van der Waals surface area contributed by atoms with Crippen LogP contribution < -0.4 is 29.1 Å². The number of benzene rings is 4. The van der Waals surface area contributed by atoms with E-state index in [1.54, 1.807) is 54.5 Å². The summed E-state index contributed by atoms with van der Waals surface area (Å²) in [5.74, 6) is 2.27. The third-order valence-corrected chi connectivity index (χ3v) is 9.97. The van der Waals surface area contributed by atoms with Crippen molar-refractivity contribution in [2.75, 3.05) is 34.5 Å². The Hall–Kier alpha value is -6.30. The minimum Gasteiger partial charge on any atom is -0.497 e. The molecule has 0 unspecified atom stereocenters. The molecule has 2 amide bonds. The Bertz CT molecular complexity index is 2250. The van der Waals surface area contributed by atoms with Crippen molar-refractivity contribution in [2.45, 2.75) is 31.3 Å². The number of aliphatic imine (C=N–C) groups is 2. The van der Waals surface area contributed by atoms with Crippen LogP contribution in [0.15, 0.2) is 95.2 Å². The van der Waals surface area contributed by atoms with Crippen molar-refractivity contribution in [3.05, 3.63) is 107 Å². The molecular formula is C42H37BN4O7. The van der Waals surface area contributed by atoms with Crippen LogP contribution in [0.4, 0.5) is 11.4 Å². The highest BCUT2D eigenvalue weighted by molar-refractivity contribution is 6.32. The molecule has 0 aromatic heterocycles. The second kappa shape index (κ2) is 14.6. The molecule has 4 aliphatic heterocycles. The van der Waals surface area contributed by atoms with E-state index in [2.05, 4.69) is 4.99 Å². The number of hydrogen-bond donors (Lipinski definition) is 0. The fourth-order valence-corrected chi connectivity index (χ4v) is 7.07. The third kappa shape index (κ3) is 6.59. The maximum atomic E-state index is 13.7. The Morgan fingerprint density at radius 3 is 1.54 bits per heavy atom. The highest BCUT2D eigenvalue weighted by Gasteiger charge is 2.35. The lowest BCUT2D eigenvalue weighted by Gasteiger charge is -2.19. The standard InChI is InChI=1S/C42H37BN4O7/c1-50-32-11-7-26(8-12-32)28-16-31-22-45-36-20-40(38(52-3)18-34(36)42(49)47(31)24-28)54-14-4-13-53-39-19-35-33(17-37(39)51-2)41(48)46-23-27(15-30(46)21-44-35)25-5-9-29(43)10-6-25/h5-12,17-24,30-31H,4,13-16H2,1-3H3/t30-,31-/m0/s1. The van der Waals surface area contributed by atoms with Crippen LogP contribution in [0.3, 0.4) is 0 Å². The number of rotatable bonds is 11. The van der Waals surface area contributed by atoms with Crippen molar-refractivity contribution >= 4 is 60.1 Å². The van der Waals surface area contributed by atoms with Gasteiger partial charge in [-0.15, -0.1) is 0 Å². The molecule has 4 aromatic rings. The van der Waals surface area contributed by atoms with E-state index < -0.39 is 0 Å². The Morgan fingerprint density at radius 1 is 0.630 bits per heavy atom. The van der Waals surface area contributed by atoms with E-state index in [4.69, 9.17) is 36.5 Å². The highest BCUT2D eigenvalue weighted by Crippen LogP contribution is 2.42. The summed E-state index contributed by atoms with van der Waals surface area (Å²) in [7, 11) is 10.6. The highest BCUT2D eigenvalue weighted by atomic mass is 16.5. The SMILES string of the molecule is [B]c1ccc(C2=CN3C(=O)c4cc(OC)c(OCCCOc5cc6c(cc5OC)C(=O)N5C=C(c7ccc(OC)cc7)C[C@H]5C=N6)cc4N=C[C@@H]3C2)cc1. The van der Waals surface area contributed by atoms with Crippen molar-refractivity contribution in [1.82, 2.24) is 9.80 Å². The average molecular weight is 721 g/mol. The molecule has 4 aliphatic rings. The molecule has 8 rings (SSSR count). The van der Waals surface area contributed by atoms with Gasteiger partial charge in [0.15, 0.2) is 23.0 Å². The quantitative estimate of drug-likeness (QED) is 0.132. The lowest BCUT2D eigenvalue weighted by atomic mass is 9.93. The van der Waals surface area contributed by atoms with Gasteiger partial charge in [-0.2, -0.15) is 0 Å². The zero-order chi connectivity index (χ0) is 37.3. The first-order chi connectivity index (χ1) is 26.3. The van der Waals surface area contributed by atoms with E-state index in [1.165, 1.54) is 7.11 Å². The first-order valence-corrected chi connectivity index (χ1v) is 17.7. The molecule has 0 saturated heterocycles. The topological polar surface area (TPSA) is 111 Å². The van der Waals surface area contributed by atoms with E-state index in [0.29, 0.717) is 83.4 Å². The van der Waals surface area contributed by atoms with Gasteiger partial charge >= 0.3 is 0 Å². The molecule has 0 fully saturated rings. The Balaban J connectivity index is 0.909. The maximum absolute atomic E-state index is 13.7. The van der Waals surface area contributed by atoms with Crippen LogP contribution in [0.5, 0.6) is 28.7 Å². The van der Waals surface area contributed by atoms with Crippen LogP contribution >= 0.6 is 0 Å². The van der Waals surface area contributed by atoms with Crippen LogP contribution in [0.25, 0.3) is 11.1 Å². The summed E-state index contributed by atoms with van der Waals surface area (Å²) in [6.07, 6.45) is 9.22. The number of hydrogen-bond acceptors (Lipinski definition) is 9. The van der Waals surface area contributed by atoms with Gasteiger partial charge in [0, 0.05) is 56.2 Å². The molecule has 0 spiro atoms. The first-order valence-electron chi connectivity index (χ1n) is 17.7. The van der Waals surface area contributed by atoms with E-state index >= 15 is 0 Å². The summed E-state index contributed by atoms with van der Waals surface area (Å²) in [5, 5.41) is 0. The van der Waals surface area contributed by atoms with Gasteiger partial charge in [0.1, 0.15) is 13.6 Å². The van der Waals surface area contributed by atoms with Crippen molar-refractivity contribution in [2.24, 2.45) is 9.98 Å². The molecule has 270 valence electrons. The molecule has 2 radical (unpaired) electrons. The zero-order valence-corrected chi connectivity index (χ0v) is 30.2. The first kappa shape index (κ1) is 34.8. The van der Waals surface area contributed by atoms with E-state index in [-0.39, 0.29) is 23.9 Å². The number of methoxy groups -OCH3 is 3. The minimum atomic E-state index is -0.203.